The highest BCUT2D eigenvalue weighted by molar-refractivity contribution is 5.90. The quantitative estimate of drug-likeness (QED) is 0.485. The van der Waals surface area contributed by atoms with Crippen molar-refractivity contribution in [1.29, 1.82) is 0 Å². The number of nitrogens with one attached hydrogen (secondary N) is 1. The molecule has 1 aromatic carbocycles. The first-order valence-corrected chi connectivity index (χ1v) is 7.27. The zero-order chi connectivity index (χ0) is 18.1. The number of ether oxygens (including phenoxy) is 2. The Kier molecular flexibility index (Phi) is 7.30. The minimum absolute atomic E-state index is 0.0440. The monoisotopic (exact) mass is 333 g/mol. The molecule has 0 fully saturated rings. The Labute approximate surface area is 140 Å². The molecule has 0 bridgehead atoms. The number of benzene rings is 1. The number of amides is 1. The fraction of sp³-hybridized carbons (Fsp3) is 0.353. The van der Waals surface area contributed by atoms with Gasteiger partial charge in [-0.3, -0.25) is 4.79 Å². The molecule has 7 nitrogen and oxygen atoms in total. The topological polar surface area (TPSA) is 102 Å². The van der Waals surface area contributed by atoms with E-state index in [1.54, 1.807) is 32.0 Å². The fourth-order valence-electron chi connectivity index (χ4n) is 1.55. The number of carbonyl (C=O) groups excluding carboxylic acids is 2. The van der Waals surface area contributed by atoms with E-state index in [4.69, 9.17) is 14.6 Å². The Bertz CT molecular complexity index is 671. The van der Waals surface area contributed by atoms with Gasteiger partial charge in [-0.15, -0.1) is 0 Å². The van der Waals surface area contributed by atoms with Crippen molar-refractivity contribution in [1.82, 2.24) is 5.32 Å². The second kappa shape index (κ2) is 9.20. The Hall–Kier alpha value is -3.01. The molecule has 0 aromatic heterocycles. The van der Waals surface area contributed by atoms with Crippen molar-refractivity contribution >= 4 is 18.0 Å². The number of esters is 1. The zero-order valence-corrected chi connectivity index (χ0v) is 13.7. The maximum absolute atomic E-state index is 11.5. The van der Waals surface area contributed by atoms with E-state index in [0.29, 0.717) is 5.56 Å². The van der Waals surface area contributed by atoms with E-state index < -0.39 is 24.3 Å². The van der Waals surface area contributed by atoms with Gasteiger partial charge in [0, 0.05) is 12.5 Å². The Morgan fingerprint density at radius 2 is 1.83 bits per heavy atom. The molecule has 1 amide bonds. The Morgan fingerprint density at radius 1 is 1.17 bits per heavy atom. The summed E-state index contributed by atoms with van der Waals surface area (Å²) in [6, 6.07) is 6.29. The van der Waals surface area contributed by atoms with Crippen molar-refractivity contribution in [3.63, 3.8) is 0 Å². The molecule has 128 valence electrons. The number of hydrogen-bond acceptors (Lipinski definition) is 5. The van der Waals surface area contributed by atoms with Crippen LogP contribution in [0.3, 0.4) is 0 Å². The molecule has 0 aliphatic carbocycles. The number of carboxylic acid groups (broad SMARTS) is 1. The highest BCUT2D eigenvalue weighted by Crippen LogP contribution is 2.06. The lowest BCUT2D eigenvalue weighted by Crippen LogP contribution is -2.31. The first kappa shape index (κ1) is 19.0. The molecule has 1 unspecified atom stereocenters. The van der Waals surface area contributed by atoms with Crippen LogP contribution in [0.1, 0.15) is 36.7 Å². The third kappa shape index (κ3) is 6.40. The summed E-state index contributed by atoms with van der Waals surface area (Å²) in [5, 5.41) is 11.4. The molecule has 0 aliphatic heterocycles. The van der Waals surface area contributed by atoms with Crippen LogP contribution >= 0.6 is 0 Å². The highest BCUT2D eigenvalue weighted by atomic mass is 16.7. The summed E-state index contributed by atoms with van der Waals surface area (Å²) < 4.78 is 9.71. The normalized spacial score (nSPS) is 11.0. The van der Waals surface area contributed by atoms with Gasteiger partial charge in [-0.1, -0.05) is 37.8 Å². The predicted octanol–water partition coefficient (Wildman–Crippen LogP) is 2.01. The maximum atomic E-state index is 11.5. The van der Waals surface area contributed by atoms with Gasteiger partial charge in [0.05, 0.1) is 18.0 Å². The molecule has 1 rings (SSSR count). The van der Waals surface area contributed by atoms with Crippen LogP contribution in [0.15, 0.2) is 24.3 Å². The van der Waals surface area contributed by atoms with Gasteiger partial charge in [0.1, 0.15) is 0 Å². The molecule has 1 atom stereocenters. The number of hydrogen-bond donors (Lipinski definition) is 2. The lowest BCUT2D eigenvalue weighted by Gasteiger charge is -2.15. The zero-order valence-electron chi connectivity index (χ0n) is 13.7. The number of alkyl carbamates (subject to hydrolysis) is 1. The number of carboxylic acids is 1. The van der Waals surface area contributed by atoms with Gasteiger partial charge in [-0.25, -0.2) is 9.59 Å². The van der Waals surface area contributed by atoms with E-state index in [1.807, 2.05) is 0 Å². The van der Waals surface area contributed by atoms with Gasteiger partial charge in [-0.2, -0.15) is 0 Å². The number of aromatic carboxylic acids is 1. The van der Waals surface area contributed by atoms with E-state index in [9.17, 15) is 14.4 Å². The molecule has 0 saturated heterocycles. The van der Waals surface area contributed by atoms with Crippen molar-refractivity contribution in [3.8, 4) is 11.8 Å². The fourth-order valence-corrected chi connectivity index (χ4v) is 1.55. The summed E-state index contributed by atoms with van der Waals surface area (Å²) in [5.74, 6) is 3.42. The van der Waals surface area contributed by atoms with Crippen LogP contribution in [0, 0.1) is 17.8 Å². The predicted molar refractivity (Wildman–Crippen MR) is 85.2 cm³/mol. The first-order valence-electron chi connectivity index (χ1n) is 7.27. The number of carbonyl (C=O) groups is 3. The Balaban J connectivity index is 2.47. The minimum atomic E-state index is -1.08. The van der Waals surface area contributed by atoms with E-state index in [0.717, 1.165) is 0 Å². The molecule has 7 heteroatoms. The van der Waals surface area contributed by atoms with Gasteiger partial charge >= 0.3 is 18.0 Å². The molecular formula is C17H19NO6. The maximum Gasteiger partial charge on any atom is 0.410 e. The molecule has 0 radical (unpaired) electrons. The Morgan fingerprint density at radius 3 is 2.46 bits per heavy atom. The SMILES string of the molecule is CC(OC(=O)NCC#Cc1ccccc1C(=O)O)OC(=O)C(C)C. The molecule has 0 heterocycles. The summed E-state index contributed by atoms with van der Waals surface area (Å²) in [6.07, 6.45) is -1.81. The van der Waals surface area contributed by atoms with Crippen molar-refractivity contribution in [2.45, 2.75) is 27.1 Å². The number of rotatable bonds is 5. The molecule has 0 spiro atoms. The van der Waals surface area contributed by atoms with Gasteiger partial charge in [0.25, 0.3) is 0 Å². The molecule has 24 heavy (non-hydrogen) atoms. The molecule has 1 aromatic rings. The molecule has 0 saturated carbocycles. The summed E-state index contributed by atoms with van der Waals surface area (Å²) in [6.45, 7) is 4.71. The smallest absolute Gasteiger partial charge is 0.410 e. The van der Waals surface area contributed by atoms with E-state index in [1.165, 1.54) is 13.0 Å². The largest absolute Gasteiger partial charge is 0.478 e. The molecule has 0 aliphatic rings. The van der Waals surface area contributed by atoms with Gasteiger partial charge in [0.2, 0.25) is 6.29 Å². The van der Waals surface area contributed by atoms with E-state index in [-0.39, 0.29) is 18.0 Å². The standard InChI is InChI=1S/C17H19NO6/c1-11(2)16(21)23-12(3)24-17(22)18-10-6-8-13-7-4-5-9-14(13)15(19)20/h4-5,7,9,11-12H,10H2,1-3H3,(H,18,22)(H,19,20). The highest BCUT2D eigenvalue weighted by Gasteiger charge is 2.16. The van der Waals surface area contributed by atoms with E-state index in [2.05, 4.69) is 17.2 Å². The van der Waals surface area contributed by atoms with E-state index >= 15 is 0 Å². The van der Waals surface area contributed by atoms with Crippen LogP contribution < -0.4 is 5.32 Å². The summed E-state index contributed by atoms with van der Waals surface area (Å²) >= 11 is 0. The summed E-state index contributed by atoms with van der Waals surface area (Å²) in [4.78, 5) is 33.9. The van der Waals surface area contributed by atoms with Crippen molar-refractivity contribution in [3.05, 3.63) is 35.4 Å². The lowest BCUT2D eigenvalue weighted by atomic mass is 10.1. The second-order valence-electron chi connectivity index (χ2n) is 5.07. The second-order valence-corrected chi connectivity index (χ2v) is 5.07. The summed E-state index contributed by atoms with van der Waals surface area (Å²) in [5.41, 5.74) is 0.432. The first-order chi connectivity index (χ1) is 11.3. The van der Waals surface area contributed by atoms with Crippen LogP contribution in [0.2, 0.25) is 0 Å². The van der Waals surface area contributed by atoms with Gasteiger partial charge in [0.15, 0.2) is 0 Å². The van der Waals surface area contributed by atoms with Crippen LogP contribution in [0.4, 0.5) is 4.79 Å². The molecule has 2 N–H and O–H groups in total. The minimum Gasteiger partial charge on any atom is -0.478 e. The van der Waals surface area contributed by atoms with Crippen LogP contribution in [0.5, 0.6) is 0 Å². The van der Waals surface area contributed by atoms with Crippen molar-refractivity contribution in [2.75, 3.05) is 6.54 Å². The van der Waals surface area contributed by atoms with Gasteiger partial charge < -0.3 is 19.9 Å². The third-order valence-corrected chi connectivity index (χ3v) is 2.73. The van der Waals surface area contributed by atoms with Crippen LogP contribution in [-0.4, -0.2) is 36.0 Å². The van der Waals surface area contributed by atoms with Crippen LogP contribution in [0.25, 0.3) is 0 Å². The van der Waals surface area contributed by atoms with Crippen LogP contribution in [-0.2, 0) is 14.3 Å². The average Bonchev–Trinajstić information content (AvgIpc) is 2.51. The summed E-state index contributed by atoms with van der Waals surface area (Å²) in [7, 11) is 0. The van der Waals surface area contributed by atoms with Crippen molar-refractivity contribution in [2.24, 2.45) is 5.92 Å². The molecular weight excluding hydrogens is 314 g/mol. The lowest BCUT2D eigenvalue weighted by molar-refractivity contribution is -0.168. The third-order valence-electron chi connectivity index (χ3n) is 2.73. The van der Waals surface area contributed by atoms with Gasteiger partial charge in [-0.05, 0) is 12.1 Å². The average molecular weight is 333 g/mol. The van der Waals surface area contributed by atoms with Crippen molar-refractivity contribution < 1.29 is 29.0 Å².